The van der Waals surface area contributed by atoms with Crippen LogP contribution in [0.1, 0.15) is 11.1 Å². The van der Waals surface area contributed by atoms with E-state index < -0.39 is 38.0 Å². The first kappa shape index (κ1) is 28.2. The average molecular weight is 586 g/mol. The molecule has 0 saturated heterocycles. The van der Waals surface area contributed by atoms with Gasteiger partial charge in [0.1, 0.15) is 12.3 Å². The van der Waals surface area contributed by atoms with Crippen LogP contribution in [0.5, 0.6) is 5.75 Å². The molecule has 0 fully saturated rings. The largest absolute Gasteiger partial charge is 0.495 e. The number of halogens is 3. The van der Waals surface area contributed by atoms with Crippen molar-refractivity contribution in [3.63, 3.8) is 0 Å². The highest BCUT2D eigenvalue weighted by atomic mass is 35.5. The van der Waals surface area contributed by atoms with Gasteiger partial charge in [-0.3, -0.25) is 19.2 Å². The van der Waals surface area contributed by atoms with Crippen molar-refractivity contribution in [3.05, 3.63) is 90.9 Å². The van der Waals surface area contributed by atoms with Crippen LogP contribution >= 0.6 is 34.8 Å². The smallest absolute Gasteiger partial charge is 0.273 e. The lowest BCUT2D eigenvalue weighted by Gasteiger charge is -2.25. The monoisotopic (exact) mass is 584 g/mol. The van der Waals surface area contributed by atoms with Gasteiger partial charge in [-0.15, -0.1) is 0 Å². The van der Waals surface area contributed by atoms with E-state index >= 15 is 0 Å². The zero-order chi connectivity index (χ0) is 27.3. The number of hydrogen-bond acceptors (Lipinski definition) is 7. The van der Waals surface area contributed by atoms with Crippen molar-refractivity contribution in [3.8, 4) is 5.75 Å². The van der Waals surface area contributed by atoms with Crippen LogP contribution in [0.15, 0.2) is 64.6 Å². The van der Waals surface area contributed by atoms with Gasteiger partial charge in [-0.05, 0) is 43.3 Å². The first-order chi connectivity index (χ1) is 17.4. The molecule has 0 aliphatic carbocycles. The number of ether oxygens (including phenoxy) is 1. The summed E-state index contributed by atoms with van der Waals surface area (Å²) in [5.41, 5.74) is 2.51. The van der Waals surface area contributed by atoms with E-state index in [2.05, 4.69) is 10.5 Å². The number of nitrogens with zero attached hydrogens (tertiary/aromatic N) is 3. The van der Waals surface area contributed by atoms with Crippen LogP contribution in [0.4, 0.5) is 11.4 Å². The SMILES string of the molecule is COc1ccc(Cl)cc1N(CC(=O)N/N=C/c1ccc(Cl)cc1Cl)S(=O)(=O)c1ccc(C)c([N+](=O)[O-])c1. The van der Waals surface area contributed by atoms with Gasteiger partial charge in [0, 0.05) is 27.2 Å². The van der Waals surface area contributed by atoms with Gasteiger partial charge < -0.3 is 4.74 Å². The molecule has 0 bridgehead atoms. The van der Waals surface area contributed by atoms with Gasteiger partial charge in [0.25, 0.3) is 21.6 Å². The number of benzene rings is 3. The summed E-state index contributed by atoms with van der Waals surface area (Å²) in [6.07, 6.45) is 1.26. The van der Waals surface area contributed by atoms with Gasteiger partial charge in [-0.25, -0.2) is 13.8 Å². The fraction of sp³-hybridized carbons (Fsp3) is 0.130. The maximum atomic E-state index is 13.7. The minimum absolute atomic E-state index is 0.0573. The third kappa shape index (κ3) is 6.69. The van der Waals surface area contributed by atoms with Gasteiger partial charge >= 0.3 is 0 Å². The summed E-state index contributed by atoms with van der Waals surface area (Å²) in [5.74, 6) is -0.729. The van der Waals surface area contributed by atoms with Crippen LogP contribution in [-0.4, -0.2) is 39.1 Å². The third-order valence-corrected chi connectivity index (χ3v) is 7.57. The summed E-state index contributed by atoms with van der Waals surface area (Å²) in [5, 5.41) is 16.1. The minimum Gasteiger partial charge on any atom is -0.495 e. The Kier molecular flexibility index (Phi) is 8.98. The quantitative estimate of drug-likeness (QED) is 0.208. The highest BCUT2D eigenvalue weighted by Crippen LogP contribution is 2.35. The number of rotatable bonds is 9. The molecule has 3 aromatic carbocycles. The first-order valence-corrected chi connectivity index (χ1v) is 12.9. The lowest BCUT2D eigenvalue weighted by molar-refractivity contribution is -0.385. The summed E-state index contributed by atoms with van der Waals surface area (Å²) in [6, 6.07) is 12.3. The lowest BCUT2D eigenvalue weighted by Crippen LogP contribution is -2.39. The fourth-order valence-corrected chi connectivity index (χ4v) is 5.24. The highest BCUT2D eigenvalue weighted by Gasteiger charge is 2.31. The van der Waals surface area contributed by atoms with E-state index in [1.165, 1.54) is 56.6 Å². The maximum Gasteiger partial charge on any atom is 0.273 e. The summed E-state index contributed by atoms with van der Waals surface area (Å²) in [7, 11) is -3.20. The van der Waals surface area contributed by atoms with E-state index in [9.17, 15) is 23.3 Å². The molecule has 3 aromatic rings. The van der Waals surface area contributed by atoms with Crippen molar-refractivity contribution in [2.45, 2.75) is 11.8 Å². The molecule has 0 aromatic heterocycles. The predicted octanol–water partition coefficient (Wildman–Crippen LogP) is 5.22. The summed E-state index contributed by atoms with van der Waals surface area (Å²) in [6.45, 7) is 0.719. The van der Waals surface area contributed by atoms with Crippen molar-refractivity contribution in [1.82, 2.24) is 5.43 Å². The number of carbonyl (C=O) groups excluding carboxylic acids is 1. The van der Waals surface area contributed by atoms with E-state index in [0.717, 1.165) is 10.4 Å². The van der Waals surface area contributed by atoms with Gasteiger partial charge in [-0.1, -0.05) is 46.9 Å². The molecule has 0 heterocycles. The van der Waals surface area contributed by atoms with E-state index in [1.54, 1.807) is 12.1 Å². The molecule has 0 aliphatic rings. The molecule has 0 atom stereocenters. The predicted molar refractivity (Wildman–Crippen MR) is 143 cm³/mol. The molecule has 37 heavy (non-hydrogen) atoms. The van der Waals surface area contributed by atoms with Crippen LogP contribution in [0.3, 0.4) is 0 Å². The number of anilines is 1. The van der Waals surface area contributed by atoms with Gasteiger partial charge in [-0.2, -0.15) is 5.10 Å². The second-order valence-electron chi connectivity index (χ2n) is 7.49. The van der Waals surface area contributed by atoms with Crippen LogP contribution < -0.4 is 14.5 Å². The molecule has 10 nitrogen and oxygen atoms in total. The number of amides is 1. The summed E-state index contributed by atoms with van der Waals surface area (Å²) in [4.78, 5) is 23.1. The minimum atomic E-state index is -4.52. The average Bonchev–Trinajstić information content (AvgIpc) is 2.83. The van der Waals surface area contributed by atoms with Gasteiger partial charge in [0.15, 0.2) is 0 Å². The van der Waals surface area contributed by atoms with Crippen molar-refractivity contribution in [1.29, 1.82) is 0 Å². The number of hydrazone groups is 1. The Balaban J connectivity index is 2.00. The Morgan fingerprint density at radius 2 is 1.78 bits per heavy atom. The van der Waals surface area contributed by atoms with Crippen molar-refractivity contribution in [2.75, 3.05) is 18.0 Å². The fourth-order valence-electron chi connectivity index (χ4n) is 3.18. The second-order valence-corrected chi connectivity index (χ2v) is 10.6. The van der Waals surface area contributed by atoms with Crippen LogP contribution in [0, 0.1) is 17.0 Å². The molecule has 14 heteroatoms. The number of hydrogen-bond donors (Lipinski definition) is 1. The van der Waals surface area contributed by atoms with E-state index in [4.69, 9.17) is 39.5 Å². The van der Waals surface area contributed by atoms with E-state index in [0.29, 0.717) is 15.6 Å². The van der Waals surface area contributed by atoms with Gasteiger partial charge in [0.05, 0.1) is 33.9 Å². The number of nitro groups is 1. The second kappa shape index (κ2) is 11.8. The summed E-state index contributed by atoms with van der Waals surface area (Å²) >= 11 is 18.0. The molecule has 1 N–H and O–H groups in total. The molecular weight excluding hydrogens is 567 g/mol. The summed E-state index contributed by atoms with van der Waals surface area (Å²) < 4.78 is 33.3. The Labute approximate surface area is 227 Å². The Hall–Kier alpha value is -3.38. The molecule has 0 saturated carbocycles. The van der Waals surface area contributed by atoms with E-state index in [1.807, 2.05) is 0 Å². The number of nitrogens with one attached hydrogen (secondary N) is 1. The number of aryl methyl sites for hydroxylation is 1. The van der Waals surface area contributed by atoms with Crippen molar-refractivity contribution in [2.24, 2.45) is 5.10 Å². The Morgan fingerprint density at radius 3 is 2.43 bits per heavy atom. The first-order valence-electron chi connectivity index (χ1n) is 10.3. The molecule has 0 spiro atoms. The van der Waals surface area contributed by atoms with Crippen molar-refractivity contribution >= 4 is 68.3 Å². The Morgan fingerprint density at radius 1 is 1.11 bits per heavy atom. The molecular formula is C23H19Cl3N4O6S. The molecule has 194 valence electrons. The standard InChI is InChI=1S/C23H19Cl3N4O6S/c1-14-3-7-18(11-20(14)30(32)33)37(34,35)29(21-10-17(25)6-8-22(21)36-2)13-23(31)28-27-12-15-4-5-16(24)9-19(15)26/h3-12H,13H2,1-2H3,(H,28,31)/b27-12+. The molecule has 0 unspecified atom stereocenters. The number of carbonyl (C=O) groups is 1. The zero-order valence-corrected chi connectivity index (χ0v) is 22.4. The van der Waals surface area contributed by atoms with Crippen LogP contribution in [0.25, 0.3) is 0 Å². The van der Waals surface area contributed by atoms with Crippen LogP contribution in [0.2, 0.25) is 15.1 Å². The number of sulfonamides is 1. The third-order valence-electron chi connectivity index (χ3n) is 5.02. The van der Waals surface area contributed by atoms with E-state index in [-0.39, 0.29) is 22.0 Å². The molecule has 0 aliphatic heterocycles. The van der Waals surface area contributed by atoms with Gasteiger partial charge in [0.2, 0.25) is 0 Å². The maximum absolute atomic E-state index is 13.7. The Bertz CT molecular complexity index is 1500. The normalized spacial score (nSPS) is 11.4. The highest BCUT2D eigenvalue weighted by molar-refractivity contribution is 7.92. The number of methoxy groups -OCH3 is 1. The molecule has 1 amide bonds. The molecule has 0 radical (unpaired) electrons. The van der Waals surface area contributed by atoms with Crippen molar-refractivity contribution < 1.29 is 22.9 Å². The molecule has 3 rings (SSSR count). The number of nitro benzene ring substituents is 1. The topological polar surface area (TPSA) is 131 Å². The van der Waals surface area contributed by atoms with Crippen LogP contribution in [-0.2, 0) is 14.8 Å². The zero-order valence-electron chi connectivity index (χ0n) is 19.3. The lowest BCUT2D eigenvalue weighted by atomic mass is 10.2.